The summed E-state index contributed by atoms with van der Waals surface area (Å²) in [6, 6.07) is 7.07. The van der Waals surface area contributed by atoms with Crippen LogP contribution >= 0.6 is 11.6 Å². The molecule has 1 aliphatic rings. The molecule has 1 fully saturated rings. The van der Waals surface area contributed by atoms with Crippen molar-refractivity contribution in [3.05, 3.63) is 29.3 Å². The summed E-state index contributed by atoms with van der Waals surface area (Å²) in [6.07, 6.45) is 0.640. The van der Waals surface area contributed by atoms with Crippen LogP contribution < -0.4 is 4.74 Å². The summed E-state index contributed by atoms with van der Waals surface area (Å²) in [7, 11) is 0. The molecule has 1 amide bonds. The van der Waals surface area contributed by atoms with Crippen LogP contribution in [0.2, 0.25) is 5.02 Å². The lowest BCUT2D eigenvalue weighted by atomic mass is 9.97. The van der Waals surface area contributed by atoms with E-state index in [9.17, 15) is 9.59 Å². The van der Waals surface area contributed by atoms with Gasteiger partial charge in [0.2, 0.25) is 0 Å². The van der Waals surface area contributed by atoms with Gasteiger partial charge < -0.3 is 14.4 Å². The molecule has 6 heteroatoms. The molecule has 1 saturated heterocycles. The molecule has 0 aliphatic carbocycles. The normalized spacial score (nSPS) is 16.7. The van der Waals surface area contributed by atoms with E-state index in [1.54, 1.807) is 30.9 Å². The molecule has 1 atom stereocenters. The van der Waals surface area contributed by atoms with Gasteiger partial charge in [0.15, 0.2) is 6.10 Å². The Morgan fingerprint density at radius 3 is 2.57 bits per heavy atom. The molecule has 5 nitrogen and oxygen atoms in total. The number of piperidine rings is 1. The molecule has 0 N–H and O–H groups in total. The summed E-state index contributed by atoms with van der Waals surface area (Å²) < 4.78 is 10.7. The Morgan fingerprint density at radius 2 is 1.96 bits per heavy atom. The lowest BCUT2D eigenvalue weighted by Gasteiger charge is -2.32. The molecule has 0 spiro atoms. The second-order valence-electron chi connectivity index (χ2n) is 5.54. The van der Waals surface area contributed by atoms with E-state index in [0.29, 0.717) is 43.3 Å². The van der Waals surface area contributed by atoms with E-state index in [1.165, 1.54) is 0 Å². The Kier molecular flexibility index (Phi) is 6.28. The number of rotatable bonds is 5. The van der Waals surface area contributed by atoms with Crippen LogP contribution in [0, 0.1) is 5.92 Å². The summed E-state index contributed by atoms with van der Waals surface area (Å²) in [4.78, 5) is 25.9. The highest BCUT2D eigenvalue weighted by Gasteiger charge is 2.30. The van der Waals surface area contributed by atoms with Crippen molar-refractivity contribution in [3.63, 3.8) is 0 Å². The fourth-order valence-electron chi connectivity index (χ4n) is 2.63. The largest absolute Gasteiger partial charge is 0.479 e. The summed E-state index contributed by atoms with van der Waals surface area (Å²) in [6.45, 7) is 4.98. The van der Waals surface area contributed by atoms with Gasteiger partial charge in [-0.3, -0.25) is 9.59 Å². The van der Waals surface area contributed by atoms with Gasteiger partial charge >= 0.3 is 5.97 Å². The van der Waals surface area contributed by atoms with Crippen molar-refractivity contribution in [1.82, 2.24) is 4.90 Å². The monoisotopic (exact) mass is 339 g/mol. The minimum atomic E-state index is -0.617. The van der Waals surface area contributed by atoms with Crippen molar-refractivity contribution in [3.8, 4) is 5.75 Å². The zero-order valence-electron chi connectivity index (χ0n) is 13.5. The number of likely N-dealkylation sites (tertiary alicyclic amines) is 1. The van der Waals surface area contributed by atoms with E-state index < -0.39 is 6.10 Å². The smallest absolute Gasteiger partial charge is 0.309 e. The van der Waals surface area contributed by atoms with Gasteiger partial charge in [-0.1, -0.05) is 23.7 Å². The molecule has 0 aromatic heterocycles. The Morgan fingerprint density at radius 1 is 1.30 bits per heavy atom. The van der Waals surface area contributed by atoms with Gasteiger partial charge in [-0.25, -0.2) is 0 Å². The summed E-state index contributed by atoms with van der Waals surface area (Å²) in [5.41, 5.74) is 0. The third-order valence-electron chi connectivity index (χ3n) is 3.91. The van der Waals surface area contributed by atoms with Gasteiger partial charge in [-0.15, -0.1) is 0 Å². The lowest BCUT2D eigenvalue weighted by molar-refractivity contribution is -0.152. The number of hydrogen-bond acceptors (Lipinski definition) is 4. The maximum Gasteiger partial charge on any atom is 0.309 e. The first-order chi connectivity index (χ1) is 11.0. The van der Waals surface area contributed by atoms with Crippen LogP contribution in [0.25, 0.3) is 0 Å². The highest BCUT2D eigenvalue weighted by molar-refractivity contribution is 6.32. The van der Waals surface area contributed by atoms with E-state index in [-0.39, 0.29) is 17.8 Å². The fourth-order valence-corrected chi connectivity index (χ4v) is 2.81. The van der Waals surface area contributed by atoms with E-state index >= 15 is 0 Å². The number of nitrogens with zero attached hydrogens (tertiary/aromatic N) is 1. The summed E-state index contributed by atoms with van der Waals surface area (Å²) >= 11 is 6.04. The van der Waals surface area contributed by atoms with Gasteiger partial charge in [-0.2, -0.15) is 0 Å². The second kappa shape index (κ2) is 8.20. The Bertz CT molecular complexity index is 555. The minimum absolute atomic E-state index is 0.0905. The van der Waals surface area contributed by atoms with Crippen LogP contribution in [0.1, 0.15) is 26.7 Å². The number of halogens is 1. The van der Waals surface area contributed by atoms with Crippen LogP contribution in [0.5, 0.6) is 5.75 Å². The number of ether oxygens (including phenoxy) is 2. The maximum atomic E-state index is 12.5. The maximum absolute atomic E-state index is 12.5. The van der Waals surface area contributed by atoms with Gasteiger partial charge in [-0.05, 0) is 38.8 Å². The van der Waals surface area contributed by atoms with E-state index in [2.05, 4.69) is 0 Å². The van der Waals surface area contributed by atoms with Crippen molar-refractivity contribution >= 4 is 23.5 Å². The average molecular weight is 340 g/mol. The number of carbonyl (C=O) groups is 2. The van der Waals surface area contributed by atoms with Crippen molar-refractivity contribution in [1.29, 1.82) is 0 Å². The Balaban J connectivity index is 1.87. The van der Waals surface area contributed by atoms with E-state index in [1.807, 2.05) is 12.1 Å². The SMILES string of the molecule is CCOC(=O)C1CCN(C(=O)[C@H](C)Oc2ccccc2Cl)CC1. The van der Waals surface area contributed by atoms with Crippen LogP contribution in [0.4, 0.5) is 0 Å². The van der Waals surface area contributed by atoms with Crippen molar-refractivity contribution in [2.24, 2.45) is 5.92 Å². The van der Waals surface area contributed by atoms with Gasteiger partial charge in [0, 0.05) is 13.1 Å². The molecule has 1 aromatic rings. The van der Waals surface area contributed by atoms with Crippen LogP contribution in [0.15, 0.2) is 24.3 Å². The number of amides is 1. The first-order valence-electron chi connectivity index (χ1n) is 7.89. The molecule has 2 rings (SSSR count). The zero-order valence-corrected chi connectivity index (χ0v) is 14.2. The van der Waals surface area contributed by atoms with E-state index in [0.717, 1.165) is 0 Å². The minimum Gasteiger partial charge on any atom is -0.479 e. The van der Waals surface area contributed by atoms with Crippen LogP contribution in [0.3, 0.4) is 0 Å². The lowest BCUT2D eigenvalue weighted by Crippen LogP contribution is -2.46. The standard InChI is InChI=1S/C17H22ClNO4/c1-3-22-17(21)13-8-10-19(11-9-13)16(20)12(2)23-15-7-5-4-6-14(15)18/h4-7,12-13H,3,8-11H2,1-2H3/t12-/m0/s1. The molecule has 0 unspecified atom stereocenters. The average Bonchev–Trinajstić information content (AvgIpc) is 2.56. The molecule has 1 aromatic carbocycles. The molecular weight excluding hydrogens is 318 g/mol. The van der Waals surface area contributed by atoms with Gasteiger partial charge in [0.25, 0.3) is 5.91 Å². The quantitative estimate of drug-likeness (QED) is 0.774. The number of hydrogen-bond donors (Lipinski definition) is 0. The molecule has 0 radical (unpaired) electrons. The van der Waals surface area contributed by atoms with Gasteiger partial charge in [0.1, 0.15) is 5.75 Å². The van der Waals surface area contributed by atoms with Gasteiger partial charge in [0.05, 0.1) is 17.5 Å². The predicted octanol–water partition coefficient (Wildman–Crippen LogP) is 2.91. The topological polar surface area (TPSA) is 55.8 Å². The first-order valence-corrected chi connectivity index (χ1v) is 8.27. The molecule has 23 heavy (non-hydrogen) atoms. The number of benzene rings is 1. The van der Waals surface area contributed by atoms with Crippen molar-refractivity contribution in [2.45, 2.75) is 32.8 Å². The zero-order chi connectivity index (χ0) is 16.8. The molecule has 126 valence electrons. The second-order valence-corrected chi connectivity index (χ2v) is 5.95. The summed E-state index contributed by atoms with van der Waals surface area (Å²) in [5, 5.41) is 0.480. The molecule has 0 bridgehead atoms. The number of esters is 1. The molecular formula is C17H22ClNO4. The highest BCUT2D eigenvalue weighted by Crippen LogP contribution is 2.25. The fraction of sp³-hybridized carbons (Fsp3) is 0.529. The third-order valence-corrected chi connectivity index (χ3v) is 4.23. The van der Waals surface area contributed by atoms with E-state index in [4.69, 9.17) is 21.1 Å². The molecule has 1 heterocycles. The van der Waals surface area contributed by atoms with Crippen molar-refractivity contribution in [2.75, 3.05) is 19.7 Å². The number of para-hydroxylation sites is 1. The Hall–Kier alpha value is -1.75. The van der Waals surface area contributed by atoms with Crippen molar-refractivity contribution < 1.29 is 19.1 Å². The first kappa shape index (κ1) is 17.6. The Labute approximate surface area is 141 Å². The summed E-state index contributed by atoms with van der Waals surface area (Å²) in [5.74, 6) is 0.127. The number of carbonyl (C=O) groups excluding carboxylic acids is 2. The van der Waals surface area contributed by atoms with Crippen LogP contribution in [-0.2, 0) is 14.3 Å². The molecule has 1 aliphatic heterocycles. The van der Waals surface area contributed by atoms with Crippen LogP contribution in [-0.4, -0.2) is 42.6 Å². The molecule has 0 saturated carbocycles. The highest BCUT2D eigenvalue weighted by atomic mass is 35.5. The predicted molar refractivity (Wildman–Crippen MR) is 87.5 cm³/mol. The third kappa shape index (κ3) is 4.61.